The predicted octanol–water partition coefficient (Wildman–Crippen LogP) is 2.13. The summed E-state index contributed by atoms with van der Waals surface area (Å²) in [7, 11) is 0. The Morgan fingerprint density at radius 2 is 2.12 bits per heavy atom. The van der Waals surface area contributed by atoms with Crippen molar-refractivity contribution in [2.45, 2.75) is 45.1 Å². The number of carbonyl (C=O) groups excluding carboxylic acids is 1. The quantitative estimate of drug-likeness (QED) is 0.888. The second-order valence-corrected chi connectivity index (χ2v) is 7.57. The Bertz CT molecular complexity index is 690. The molecule has 1 atom stereocenters. The number of likely N-dealkylation sites (tertiary alicyclic amines) is 1. The molecular formula is C18H26ClN3O2. The molecule has 1 N–H and O–H groups in total. The fourth-order valence-corrected chi connectivity index (χ4v) is 4.22. The van der Waals surface area contributed by atoms with Gasteiger partial charge in [0.1, 0.15) is 5.56 Å². The first-order valence-electron chi connectivity index (χ1n) is 8.81. The van der Waals surface area contributed by atoms with Gasteiger partial charge in [-0.3, -0.25) is 9.59 Å². The van der Waals surface area contributed by atoms with Crippen molar-refractivity contribution in [2.24, 2.45) is 5.41 Å². The average molecular weight is 352 g/mol. The highest BCUT2D eigenvalue weighted by Gasteiger charge is 2.40. The lowest BCUT2D eigenvalue weighted by molar-refractivity contribution is 0.0550. The molecule has 1 spiro atoms. The predicted molar refractivity (Wildman–Crippen MR) is 96.0 cm³/mol. The Morgan fingerprint density at radius 1 is 1.33 bits per heavy atom. The maximum Gasteiger partial charge on any atom is 0.263 e. The Labute approximate surface area is 148 Å². The average Bonchev–Trinajstić information content (AvgIpc) is 3.29. The standard InChI is InChI=1S/C18H25N3O2.ClH/c1-13-5-10-21(14-3-4-14)17(23)15(13)16(22)20-9-2-6-18(12-20)7-8-19-11-18;/h5,10,14,19H,2-4,6-9,11-12H2,1H3;1H. The van der Waals surface area contributed by atoms with E-state index in [4.69, 9.17) is 0 Å². The highest BCUT2D eigenvalue weighted by molar-refractivity contribution is 5.95. The van der Waals surface area contributed by atoms with E-state index in [2.05, 4.69) is 5.32 Å². The third-order valence-electron chi connectivity index (χ3n) is 5.76. The van der Waals surface area contributed by atoms with Crippen LogP contribution in [-0.4, -0.2) is 41.6 Å². The number of aryl methyl sites for hydroxylation is 1. The van der Waals surface area contributed by atoms with Gasteiger partial charge in [-0.1, -0.05) is 0 Å². The van der Waals surface area contributed by atoms with E-state index in [0.29, 0.717) is 11.6 Å². The number of nitrogens with one attached hydrogen (secondary N) is 1. The summed E-state index contributed by atoms with van der Waals surface area (Å²) in [6.45, 7) is 5.48. The zero-order chi connectivity index (χ0) is 16.0. The lowest BCUT2D eigenvalue weighted by atomic mass is 9.79. The molecule has 2 aliphatic heterocycles. The highest BCUT2D eigenvalue weighted by atomic mass is 35.5. The summed E-state index contributed by atoms with van der Waals surface area (Å²) in [6, 6.07) is 2.23. The Morgan fingerprint density at radius 3 is 2.79 bits per heavy atom. The number of carbonyl (C=O) groups is 1. The van der Waals surface area contributed by atoms with Crippen LogP contribution in [-0.2, 0) is 0 Å². The zero-order valence-corrected chi connectivity index (χ0v) is 15.0. The van der Waals surface area contributed by atoms with E-state index in [9.17, 15) is 9.59 Å². The summed E-state index contributed by atoms with van der Waals surface area (Å²) in [5.41, 5.74) is 1.33. The van der Waals surface area contributed by atoms with Gasteiger partial charge in [-0.2, -0.15) is 0 Å². The maximum atomic E-state index is 13.1. The van der Waals surface area contributed by atoms with Gasteiger partial charge < -0.3 is 14.8 Å². The van der Waals surface area contributed by atoms with Crippen molar-refractivity contribution in [3.8, 4) is 0 Å². The summed E-state index contributed by atoms with van der Waals surface area (Å²) < 4.78 is 1.76. The van der Waals surface area contributed by atoms with Crippen LogP contribution in [0.3, 0.4) is 0 Å². The Hall–Kier alpha value is -1.33. The van der Waals surface area contributed by atoms with Gasteiger partial charge in [0.05, 0.1) is 0 Å². The van der Waals surface area contributed by atoms with Crippen LogP contribution in [0.15, 0.2) is 17.1 Å². The largest absolute Gasteiger partial charge is 0.338 e. The van der Waals surface area contributed by atoms with Crippen molar-refractivity contribution < 1.29 is 4.79 Å². The third kappa shape index (κ3) is 3.00. The molecule has 3 aliphatic rings. The van der Waals surface area contributed by atoms with Crippen LogP contribution in [0, 0.1) is 12.3 Å². The van der Waals surface area contributed by atoms with Crippen molar-refractivity contribution in [3.63, 3.8) is 0 Å². The molecule has 0 radical (unpaired) electrons. The first kappa shape index (κ1) is 17.5. The summed E-state index contributed by atoms with van der Waals surface area (Å²) >= 11 is 0. The molecule has 5 nitrogen and oxygen atoms in total. The Kier molecular flexibility index (Phi) is 4.76. The number of nitrogens with zero attached hydrogens (tertiary/aromatic N) is 2. The van der Waals surface area contributed by atoms with Gasteiger partial charge in [0, 0.05) is 37.3 Å². The molecule has 3 heterocycles. The van der Waals surface area contributed by atoms with Crippen LogP contribution < -0.4 is 10.9 Å². The topological polar surface area (TPSA) is 54.3 Å². The van der Waals surface area contributed by atoms with Crippen LogP contribution >= 0.6 is 12.4 Å². The van der Waals surface area contributed by atoms with Gasteiger partial charge in [0.15, 0.2) is 0 Å². The van der Waals surface area contributed by atoms with Crippen LogP contribution in [0.5, 0.6) is 0 Å². The van der Waals surface area contributed by atoms with Crippen molar-refractivity contribution in [1.82, 2.24) is 14.8 Å². The number of piperidine rings is 1. The first-order valence-corrected chi connectivity index (χ1v) is 8.81. The van der Waals surface area contributed by atoms with Crippen LogP contribution in [0.1, 0.15) is 54.1 Å². The molecule has 1 saturated carbocycles. The van der Waals surface area contributed by atoms with Crippen LogP contribution in [0.4, 0.5) is 0 Å². The smallest absolute Gasteiger partial charge is 0.263 e. The van der Waals surface area contributed by atoms with Gasteiger partial charge in [0.2, 0.25) is 0 Å². The molecule has 3 fully saturated rings. The monoisotopic (exact) mass is 351 g/mol. The van der Waals surface area contributed by atoms with Crippen LogP contribution in [0.2, 0.25) is 0 Å². The molecule has 0 aromatic carbocycles. The van der Waals surface area contributed by atoms with Crippen molar-refractivity contribution in [1.29, 1.82) is 0 Å². The van der Waals surface area contributed by atoms with E-state index in [0.717, 1.165) is 57.4 Å². The Balaban J connectivity index is 0.00000169. The lowest BCUT2D eigenvalue weighted by Crippen LogP contribution is -2.48. The molecule has 0 bridgehead atoms. The SMILES string of the molecule is Cc1ccn(C2CC2)c(=O)c1C(=O)N1CCCC2(CCNC2)C1.Cl. The van der Waals surface area contributed by atoms with Gasteiger partial charge in [-0.15, -0.1) is 12.4 Å². The number of hydrogen-bond acceptors (Lipinski definition) is 3. The molecule has 1 aromatic heterocycles. The summed E-state index contributed by atoms with van der Waals surface area (Å²) in [5, 5.41) is 3.43. The van der Waals surface area contributed by atoms with E-state index in [-0.39, 0.29) is 29.3 Å². The number of aromatic nitrogens is 1. The summed E-state index contributed by atoms with van der Waals surface area (Å²) in [4.78, 5) is 27.8. The zero-order valence-electron chi connectivity index (χ0n) is 14.2. The number of hydrogen-bond donors (Lipinski definition) is 1. The van der Waals surface area contributed by atoms with Crippen molar-refractivity contribution >= 4 is 18.3 Å². The minimum atomic E-state index is -0.0957. The number of amides is 1. The molecule has 132 valence electrons. The fraction of sp³-hybridized carbons (Fsp3) is 0.667. The molecule has 6 heteroatoms. The number of pyridine rings is 1. The van der Waals surface area contributed by atoms with E-state index >= 15 is 0 Å². The lowest BCUT2D eigenvalue weighted by Gasteiger charge is -2.40. The second-order valence-electron chi connectivity index (χ2n) is 7.57. The molecule has 1 unspecified atom stereocenters. The highest BCUT2D eigenvalue weighted by Crippen LogP contribution is 2.36. The van der Waals surface area contributed by atoms with Crippen molar-refractivity contribution in [2.75, 3.05) is 26.2 Å². The second kappa shape index (κ2) is 6.52. The van der Waals surface area contributed by atoms with E-state index in [1.807, 2.05) is 24.1 Å². The van der Waals surface area contributed by atoms with Gasteiger partial charge in [0.25, 0.3) is 11.5 Å². The molecule has 2 saturated heterocycles. The van der Waals surface area contributed by atoms with E-state index in [1.54, 1.807) is 4.57 Å². The van der Waals surface area contributed by atoms with Crippen LogP contribution in [0.25, 0.3) is 0 Å². The normalized spacial score (nSPS) is 26.5. The first-order chi connectivity index (χ1) is 11.1. The minimum absolute atomic E-state index is 0. The minimum Gasteiger partial charge on any atom is -0.338 e. The number of rotatable bonds is 2. The van der Waals surface area contributed by atoms with Gasteiger partial charge in [-0.05, 0) is 57.2 Å². The molecule has 24 heavy (non-hydrogen) atoms. The third-order valence-corrected chi connectivity index (χ3v) is 5.76. The molecular weight excluding hydrogens is 326 g/mol. The molecule has 4 rings (SSSR count). The van der Waals surface area contributed by atoms with Gasteiger partial charge in [-0.25, -0.2) is 0 Å². The summed E-state index contributed by atoms with van der Waals surface area (Å²) in [6.07, 6.45) is 7.31. The molecule has 1 amide bonds. The maximum absolute atomic E-state index is 13.1. The van der Waals surface area contributed by atoms with Gasteiger partial charge >= 0.3 is 0 Å². The number of halogens is 1. The van der Waals surface area contributed by atoms with E-state index in [1.165, 1.54) is 6.42 Å². The van der Waals surface area contributed by atoms with Crippen molar-refractivity contribution in [3.05, 3.63) is 33.7 Å². The summed E-state index contributed by atoms with van der Waals surface area (Å²) in [5.74, 6) is -0.0616. The fourth-order valence-electron chi connectivity index (χ4n) is 4.22. The molecule has 1 aliphatic carbocycles. The molecule has 1 aromatic rings. The van der Waals surface area contributed by atoms with E-state index < -0.39 is 0 Å².